The molecule has 3 rings (SSSR count). The number of hydrogen-bond donors (Lipinski definition) is 1. The normalized spacial score (nSPS) is 29.2. The van der Waals surface area contributed by atoms with Crippen LogP contribution in [0.3, 0.4) is 0 Å². The monoisotopic (exact) mass is 248 g/mol. The van der Waals surface area contributed by atoms with Gasteiger partial charge in [-0.2, -0.15) is 0 Å². The number of piperidine rings is 1. The predicted molar refractivity (Wildman–Crippen MR) is 72.4 cm³/mol. The van der Waals surface area contributed by atoms with Crippen LogP contribution < -0.4 is 5.73 Å². The Kier molecular flexibility index (Phi) is 3.39. The molecule has 0 aromatic carbocycles. The van der Waals surface area contributed by atoms with Crippen molar-refractivity contribution in [2.24, 2.45) is 11.7 Å². The summed E-state index contributed by atoms with van der Waals surface area (Å²) < 4.78 is 2.38. The SMILES string of the molecule is CN1CCCC(Cc2ncc3n2CC(N)CC3)C1. The second kappa shape index (κ2) is 5.02. The third kappa shape index (κ3) is 2.45. The first-order chi connectivity index (χ1) is 8.72. The standard InChI is InChI=1S/C14H24N4/c1-17-6-2-3-11(9-17)7-14-16-8-13-5-4-12(15)10-18(13)14/h8,11-12H,2-7,9-10,15H2,1H3. The van der Waals surface area contributed by atoms with Gasteiger partial charge in [0.2, 0.25) is 0 Å². The number of likely N-dealkylation sites (tertiary alicyclic amines) is 1. The highest BCUT2D eigenvalue weighted by Gasteiger charge is 2.23. The molecule has 0 saturated carbocycles. The summed E-state index contributed by atoms with van der Waals surface area (Å²) >= 11 is 0. The fourth-order valence-electron chi connectivity index (χ4n) is 3.40. The van der Waals surface area contributed by atoms with Crippen molar-refractivity contribution < 1.29 is 0 Å². The molecule has 1 aromatic heterocycles. The summed E-state index contributed by atoms with van der Waals surface area (Å²) in [7, 11) is 2.23. The van der Waals surface area contributed by atoms with Gasteiger partial charge in [-0.3, -0.25) is 0 Å². The Balaban J connectivity index is 1.71. The molecule has 2 aliphatic heterocycles. The number of aromatic nitrogens is 2. The van der Waals surface area contributed by atoms with E-state index >= 15 is 0 Å². The molecule has 4 heteroatoms. The fraction of sp³-hybridized carbons (Fsp3) is 0.786. The van der Waals surface area contributed by atoms with Gasteiger partial charge >= 0.3 is 0 Å². The van der Waals surface area contributed by atoms with Gasteiger partial charge in [0.15, 0.2) is 0 Å². The van der Waals surface area contributed by atoms with E-state index in [0.29, 0.717) is 6.04 Å². The van der Waals surface area contributed by atoms with Crippen molar-refractivity contribution in [2.45, 2.75) is 44.7 Å². The molecular weight excluding hydrogens is 224 g/mol. The molecule has 2 atom stereocenters. The number of rotatable bonds is 2. The largest absolute Gasteiger partial charge is 0.330 e. The topological polar surface area (TPSA) is 47.1 Å². The van der Waals surface area contributed by atoms with Crippen LogP contribution in [0.1, 0.15) is 30.8 Å². The second-order valence-corrected chi connectivity index (χ2v) is 6.05. The van der Waals surface area contributed by atoms with Gasteiger partial charge < -0.3 is 15.2 Å². The number of aryl methyl sites for hydroxylation is 1. The zero-order valence-electron chi connectivity index (χ0n) is 11.3. The van der Waals surface area contributed by atoms with Gasteiger partial charge in [0.25, 0.3) is 0 Å². The van der Waals surface area contributed by atoms with Gasteiger partial charge in [-0.1, -0.05) is 0 Å². The van der Waals surface area contributed by atoms with Crippen molar-refractivity contribution in [2.75, 3.05) is 20.1 Å². The lowest BCUT2D eigenvalue weighted by Crippen LogP contribution is -2.35. The van der Waals surface area contributed by atoms with Gasteiger partial charge in [-0.15, -0.1) is 0 Å². The summed E-state index contributed by atoms with van der Waals surface area (Å²) in [5.41, 5.74) is 7.46. The van der Waals surface area contributed by atoms with Gasteiger partial charge in [0.05, 0.1) is 0 Å². The Hall–Kier alpha value is -0.870. The number of imidazole rings is 1. The molecule has 2 unspecified atom stereocenters. The Labute approximate surface area is 109 Å². The summed E-state index contributed by atoms with van der Waals surface area (Å²) in [6, 6.07) is 0.319. The van der Waals surface area contributed by atoms with Crippen molar-refractivity contribution in [1.29, 1.82) is 0 Å². The summed E-state index contributed by atoms with van der Waals surface area (Å²) in [6.45, 7) is 3.43. The van der Waals surface area contributed by atoms with Gasteiger partial charge in [0.1, 0.15) is 5.82 Å². The van der Waals surface area contributed by atoms with Crippen molar-refractivity contribution in [3.05, 3.63) is 17.7 Å². The molecule has 0 radical (unpaired) electrons. The molecule has 4 nitrogen and oxygen atoms in total. The molecule has 0 amide bonds. The minimum absolute atomic E-state index is 0.319. The summed E-state index contributed by atoms with van der Waals surface area (Å²) in [5, 5.41) is 0. The van der Waals surface area contributed by atoms with Crippen LogP contribution in [-0.4, -0.2) is 40.6 Å². The highest BCUT2D eigenvalue weighted by atomic mass is 15.1. The quantitative estimate of drug-likeness (QED) is 0.850. The molecule has 18 heavy (non-hydrogen) atoms. The molecule has 2 aliphatic rings. The molecule has 0 bridgehead atoms. The van der Waals surface area contributed by atoms with Gasteiger partial charge in [0, 0.05) is 37.4 Å². The fourth-order valence-corrected chi connectivity index (χ4v) is 3.40. The molecule has 1 aromatic rings. The second-order valence-electron chi connectivity index (χ2n) is 6.05. The lowest BCUT2D eigenvalue weighted by molar-refractivity contribution is 0.206. The van der Waals surface area contributed by atoms with E-state index in [9.17, 15) is 0 Å². The number of hydrogen-bond acceptors (Lipinski definition) is 3. The minimum Gasteiger partial charge on any atom is -0.330 e. The Bertz CT molecular complexity index is 412. The Morgan fingerprint density at radius 1 is 1.39 bits per heavy atom. The van der Waals surface area contributed by atoms with Crippen LogP contribution in [0, 0.1) is 5.92 Å². The van der Waals surface area contributed by atoms with E-state index in [2.05, 4.69) is 27.7 Å². The van der Waals surface area contributed by atoms with E-state index in [1.54, 1.807) is 0 Å². The number of nitrogens with two attached hydrogens (primary N) is 1. The molecular formula is C14H24N4. The van der Waals surface area contributed by atoms with Gasteiger partial charge in [-0.05, 0) is 45.2 Å². The Morgan fingerprint density at radius 2 is 2.28 bits per heavy atom. The maximum atomic E-state index is 6.08. The van der Waals surface area contributed by atoms with E-state index in [4.69, 9.17) is 5.73 Å². The lowest BCUT2D eigenvalue weighted by Gasteiger charge is -2.30. The predicted octanol–water partition coefficient (Wildman–Crippen LogP) is 1.04. The molecule has 100 valence electrons. The van der Waals surface area contributed by atoms with E-state index in [1.807, 2.05) is 0 Å². The van der Waals surface area contributed by atoms with Crippen LogP contribution in [0.15, 0.2) is 6.20 Å². The van der Waals surface area contributed by atoms with Crippen molar-refractivity contribution in [3.8, 4) is 0 Å². The zero-order chi connectivity index (χ0) is 12.5. The van der Waals surface area contributed by atoms with Crippen LogP contribution in [-0.2, 0) is 19.4 Å². The first kappa shape index (κ1) is 12.2. The number of fused-ring (bicyclic) bond motifs is 1. The highest BCUT2D eigenvalue weighted by molar-refractivity contribution is 5.10. The summed E-state index contributed by atoms with van der Waals surface area (Å²) in [4.78, 5) is 7.08. The number of nitrogens with zero attached hydrogens (tertiary/aromatic N) is 3. The molecule has 1 fully saturated rings. The molecule has 0 spiro atoms. The lowest BCUT2D eigenvalue weighted by atomic mass is 9.94. The van der Waals surface area contributed by atoms with Crippen LogP contribution in [0.4, 0.5) is 0 Å². The van der Waals surface area contributed by atoms with E-state index < -0.39 is 0 Å². The molecule has 3 heterocycles. The smallest absolute Gasteiger partial charge is 0.109 e. The van der Waals surface area contributed by atoms with E-state index in [1.165, 1.54) is 37.4 Å². The van der Waals surface area contributed by atoms with E-state index in [-0.39, 0.29) is 0 Å². The minimum atomic E-state index is 0.319. The highest BCUT2D eigenvalue weighted by Crippen LogP contribution is 2.22. The first-order valence-corrected chi connectivity index (χ1v) is 7.20. The average molecular weight is 248 g/mol. The summed E-state index contributed by atoms with van der Waals surface area (Å²) in [6.07, 6.45) is 8.06. The first-order valence-electron chi connectivity index (χ1n) is 7.20. The van der Waals surface area contributed by atoms with Crippen LogP contribution in [0.5, 0.6) is 0 Å². The summed E-state index contributed by atoms with van der Waals surface area (Å²) in [5.74, 6) is 2.04. The van der Waals surface area contributed by atoms with Crippen LogP contribution in [0.2, 0.25) is 0 Å². The van der Waals surface area contributed by atoms with Crippen molar-refractivity contribution in [3.63, 3.8) is 0 Å². The van der Waals surface area contributed by atoms with Crippen LogP contribution in [0.25, 0.3) is 0 Å². The third-order valence-electron chi connectivity index (χ3n) is 4.40. The third-order valence-corrected chi connectivity index (χ3v) is 4.40. The molecule has 1 saturated heterocycles. The maximum Gasteiger partial charge on any atom is 0.109 e. The average Bonchev–Trinajstić information content (AvgIpc) is 2.72. The van der Waals surface area contributed by atoms with Gasteiger partial charge in [-0.25, -0.2) is 4.98 Å². The maximum absolute atomic E-state index is 6.08. The Morgan fingerprint density at radius 3 is 3.11 bits per heavy atom. The zero-order valence-corrected chi connectivity index (χ0v) is 11.3. The molecule has 0 aliphatic carbocycles. The van der Waals surface area contributed by atoms with Crippen molar-refractivity contribution >= 4 is 0 Å². The van der Waals surface area contributed by atoms with Crippen LogP contribution >= 0.6 is 0 Å². The van der Waals surface area contributed by atoms with E-state index in [0.717, 1.165) is 31.7 Å². The molecule has 2 N–H and O–H groups in total. The van der Waals surface area contributed by atoms with Crippen molar-refractivity contribution in [1.82, 2.24) is 14.5 Å².